The van der Waals surface area contributed by atoms with Gasteiger partial charge in [0.05, 0.1) is 24.3 Å². The molecule has 2 aromatic rings. The lowest BCUT2D eigenvalue weighted by Gasteiger charge is -2.33. The molecule has 28 heavy (non-hydrogen) atoms. The van der Waals surface area contributed by atoms with Crippen LogP contribution in [0.3, 0.4) is 0 Å². The first kappa shape index (κ1) is 20.0. The second kappa shape index (κ2) is 8.96. The molecule has 146 valence electrons. The molecule has 0 saturated heterocycles. The maximum atomic E-state index is 13.1. The molecule has 0 aromatic heterocycles. The van der Waals surface area contributed by atoms with Crippen LogP contribution in [0.2, 0.25) is 0 Å². The summed E-state index contributed by atoms with van der Waals surface area (Å²) < 4.78 is 10.8. The Balaban J connectivity index is 2.13. The van der Waals surface area contributed by atoms with E-state index in [4.69, 9.17) is 9.47 Å². The fourth-order valence-corrected chi connectivity index (χ4v) is 4.29. The molecule has 1 fully saturated rings. The molecule has 0 heterocycles. The van der Waals surface area contributed by atoms with Gasteiger partial charge >= 0.3 is 11.9 Å². The number of ether oxygens (including phenoxy) is 2. The van der Waals surface area contributed by atoms with Crippen LogP contribution in [-0.4, -0.2) is 25.2 Å². The Morgan fingerprint density at radius 3 is 1.79 bits per heavy atom. The summed E-state index contributed by atoms with van der Waals surface area (Å²) >= 11 is 0. The average molecular weight is 379 g/mol. The number of rotatable bonds is 7. The highest BCUT2D eigenvalue weighted by molar-refractivity contribution is 6.01. The van der Waals surface area contributed by atoms with Crippen molar-refractivity contribution in [2.45, 2.75) is 33.1 Å². The average Bonchev–Trinajstić information content (AvgIpc) is 3.16. The lowest BCUT2D eigenvalue weighted by molar-refractivity contribution is -0.174. The van der Waals surface area contributed by atoms with Gasteiger partial charge in [-0.3, -0.25) is 9.59 Å². The van der Waals surface area contributed by atoms with Gasteiger partial charge in [0.1, 0.15) is 0 Å². The van der Waals surface area contributed by atoms with Crippen LogP contribution in [0.25, 0.3) is 0 Å². The van der Waals surface area contributed by atoms with Crippen molar-refractivity contribution in [1.82, 2.24) is 0 Å². The van der Waals surface area contributed by atoms with Crippen LogP contribution < -0.4 is 0 Å². The summed E-state index contributed by atoms with van der Waals surface area (Å²) in [5, 5.41) is 0. The quantitative estimate of drug-likeness (QED) is 0.402. The molecule has 0 radical (unpaired) electrons. The molecular weight excluding hydrogens is 352 g/mol. The summed E-state index contributed by atoms with van der Waals surface area (Å²) in [6, 6.07) is 19.9. The van der Waals surface area contributed by atoms with Gasteiger partial charge in [-0.05, 0) is 63.1 Å². The van der Waals surface area contributed by atoms with Gasteiger partial charge in [-0.1, -0.05) is 6.42 Å². The summed E-state index contributed by atoms with van der Waals surface area (Å²) in [6.07, 6.45) is 1.95. The second-order valence-corrected chi connectivity index (χ2v) is 7.00. The zero-order chi connectivity index (χ0) is 20.0. The van der Waals surface area contributed by atoms with E-state index >= 15 is 0 Å². The zero-order valence-corrected chi connectivity index (χ0v) is 16.5. The van der Waals surface area contributed by atoms with Crippen molar-refractivity contribution >= 4 is 11.9 Å². The zero-order valence-electron chi connectivity index (χ0n) is 16.5. The van der Waals surface area contributed by atoms with E-state index in [1.807, 2.05) is 60.7 Å². The summed E-state index contributed by atoms with van der Waals surface area (Å²) in [5.41, 5.74) is 0.727. The molecule has 0 aliphatic heterocycles. The van der Waals surface area contributed by atoms with E-state index in [2.05, 4.69) is 0 Å². The van der Waals surface area contributed by atoms with Gasteiger partial charge in [0.25, 0.3) is 0 Å². The lowest BCUT2D eigenvalue weighted by Crippen LogP contribution is -2.47. The van der Waals surface area contributed by atoms with Gasteiger partial charge in [0.15, 0.2) is 5.41 Å². The van der Waals surface area contributed by atoms with Crippen molar-refractivity contribution in [3.63, 3.8) is 0 Å². The Morgan fingerprint density at radius 2 is 1.36 bits per heavy atom. The van der Waals surface area contributed by atoms with E-state index < -0.39 is 17.4 Å². The maximum Gasteiger partial charge on any atom is 0.324 e. The molecule has 1 unspecified atom stereocenters. The van der Waals surface area contributed by atoms with Gasteiger partial charge < -0.3 is 9.47 Å². The summed E-state index contributed by atoms with van der Waals surface area (Å²) in [6.45, 7) is 4.00. The van der Waals surface area contributed by atoms with Crippen LogP contribution >= 0.6 is 0 Å². The van der Waals surface area contributed by atoms with Crippen molar-refractivity contribution in [3.05, 3.63) is 77.7 Å². The Hall–Kier alpha value is -2.75. The van der Waals surface area contributed by atoms with Crippen LogP contribution in [0.4, 0.5) is 0 Å². The highest BCUT2D eigenvalue weighted by Crippen LogP contribution is 2.53. The Labute approximate surface area is 166 Å². The number of hydrogen-bond acceptors (Lipinski definition) is 4. The van der Waals surface area contributed by atoms with Gasteiger partial charge in [0.2, 0.25) is 0 Å². The predicted octanol–water partition coefficient (Wildman–Crippen LogP) is 4.57. The molecule has 0 N–H and O–H groups in total. The maximum absolute atomic E-state index is 13.1. The fourth-order valence-electron chi connectivity index (χ4n) is 4.29. The first-order valence-electron chi connectivity index (χ1n) is 9.97. The molecule has 4 heteroatoms. The van der Waals surface area contributed by atoms with E-state index in [1.54, 1.807) is 13.8 Å². The number of carbonyl (C=O) groups excluding carboxylic acids is 2. The van der Waals surface area contributed by atoms with Crippen LogP contribution in [0.5, 0.6) is 0 Å². The number of benzene rings is 2. The molecule has 1 aliphatic carbocycles. The van der Waals surface area contributed by atoms with Crippen LogP contribution in [0.1, 0.15) is 44.2 Å². The van der Waals surface area contributed by atoms with Crippen molar-refractivity contribution in [2.24, 2.45) is 11.3 Å². The fraction of sp³-hybridized carbons (Fsp3) is 0.375. The standard InChI is InChI=1S/C24H27O4/c1-3-27-22(25)24(23(26)28-4-2)17-11-16-20(24)21(18-12-7-5-8-13-18)19-14-9-6-10-15-19/h5-10,12-15,20H,3-4,11,16-17H2,1-2H3/q+1. The summed E-state index contributed by atoms with van der Waals surface area (Å²) in [7, 11) is 0. The highest BCUT2D eigenvalue weighted by atomic mass is 16.6. The van der Waals surface area contributed by atoms with Crippen molar-refractivity contribution in [1.29, 1.82) is 0 Å². The Morgan fingerprint density at radius 1 is 0.893 bits per heavy atom. The van der Waals surface area contributed by atoms with Gasteiger partial charge in [-0.2, -0.15) is 0 Å². The summed E-state index contributed by atoms with van der Waals surface area (Å²) in [4.78, 5) is 26.2. The minimum absolute atomic E-state index is 0.235. The molecule has 1 atom stereocenters. The SMILES string of the molecule is CCOC(=O)C1(C(=O)OCC)CCCC1[C+](c1ccccc1)c1ccccc1. The first-order chi connectivity index (χ1) is 13.6. The van der Waals surface area contributed by atoms with Gasteiger partial charge in [0, 0.05) is 36.1 Å². The molecule has 2 aromatic carbocycles. The van der Waals surface area contributed by atoms with Gasteiger partial charge in [-0.25, -0.2) is 0 Å². The van der Waals surface area contributed by atoms with E-state index in [-0.39, 0.29) is 19.1 Å². The molecule has 1 aliphatic rings. The first-order valence-corrected chi connectivity index (χ1v) is 9.97. The molecule has 1 saturated carbocycles. The minimum atomic E-state index is -1.30. The highest BCUT2D eigenvalue weighted by Gasteiger charge is 2.61. The van der Waals surface area contributed by atoms with E-state index in [0.717, 1.165) is 29.9 Å². The topological polar surface area (TPSA) is 52.6 Å². The minimum Gasteiger partial charge on any atom is -0.465 e. The number of carbonyl (C=O) groups is 2. The monoisotopic (exact) mass is 379 g/mol. The van der Waals surface area contributed by atoms with Crippen LogP contribution in [0.15, 0.2) is 60.7 Å². The third kappa shape index (κ3) is 3.64. The number of esters is 2. The lowest BCUT2D eigenvalue weighted by atomic mass is 9.67. The summed E-state index contributed by atoms with van der Waals surface area (Å²) in [5.74, 6) is -0.240. The largest absolute Gasteiger partial charge is 0.465 e. The van der Waals surface area contributed by atoms with Gasteiger partial charge in [-0.15, -0.1) is 0 Å². The third-order valence-corrected chi connectivity index (χ3v) is 5.46. The molecular formula is C24H27O4+. The van der Waals surface area contributed by atoms with Crippen LogP contribution in [0, 0.1) is 17.3 Å². The third-order valence-electron chi connectivity index (χ3n) is 5.46. The van der Waals surface area contributed by atoms with Crippen molar-refractivity contribution < 1.29 is 19.1 Å². The second-order valence-electron chi connectivity index (χ2n) is 7.00. The molecule has 0 spiro atoms. The van der Waals surface area contributed by atoms with E-state index in [0.29, 0.717) is 6.42 Å². The van der Waals surface area contributed by atoms with E-state index in [9.17, 15) is 9.59 Å². The predicted molar refractivity (Wildman–Crippen MR) is 107 cm³/mol. The smallest absolute Gasteiger partial charge is 0.324 e. The Kier molecular flexibility index (Phi) is 6.40. The normalized spacial score (nSPS) is 17.7. The molecule has 0 amide bonds. The number of hydrogen-bond donors (Lipinski definition) is 0. The van der Waals surface area contributed by atoms with Crippen molar-refractivity contribution in [3.8, 4) is 0 Å². The van der Waals surface area contributed by atoms with E-state index in [1.165, 1.54) is 0 Å². The molecule has 3 rings (SSSR count). The Bertz CT molecular complexity index is 727. The molecule has 4 nitrogen and oxygen atoms in total. The van der Waals surface area contributed by atoms with Crippen molar-refractivity contribution in [2.75, 3.05) is 13.2 Å². The molecule has 0 bridgehead atoms. The van der Waals surface area contributed by atoms with Crippen LogP contribution in [-0.2, 0) is 19.1 Å².